The molecular formula is C27H36N4O2S. The normalized spacial score (nSPS) is 25.3. The maximum absolute atomic E-state index is 13.6. The van der Waals surface area contributed by atoms with E-state index in [1.807, 2.05) is 41.3 Å². The number of unbranched alkanes of at least 4 members (excludes halogenated alkanes) is 2. The van der Waals surface area contributed by atoms with Crippen molar-refractivity contribution in [2.24, 2.45) is 10.9 Å². The van der Waals surface area contributed by atoms with E-state index < -0.39 is 0 Å². The summed E-state index contributed by atoms with van der Waals surface area (Å²) in [6, 6.07) is 16.2. The van der Waals surface area contributed by atoms with Crippen LogP contribution in [0, 0.1) is 0 Å². The number of amides is 1. The molecule has 4 N–H and O–H groups in total. The third kappa shape index (κ3) is 5.58. The number of anilines is 1. The summed E-state index contributed by atoms with van der Waals surface area (Å²) in [5.74, 6) is 0.137. The predicted molar refractivity (Wildman–Crippen MR) is 140 cm³/mol. The number of nitrogens with zero attached hydrogens (tertiary/aromatic N) is 2. The molecule has 4 rings (SSSR count). The number of fused-ring (bicyclic) bond motifs is 1. The summed E-state index contributed by atoms with van der Waals surface area (Å²) in [4.78, 5) is 16.7. The van der Waals surface area contributed by atoms with Crippen molar-refractivity contribution < 1.29 is 10.0 Å². The van der Waals surface area contributed by atoms with E-state index in [9.17, 15) is 4.79 Å². The number of nitrogens with one attached hydrogen (secondary N) is 1. The quantitative estimate of drug-likeness (QED) is 0.154. The van der Waals surface area contributed by atoms with Crippen molar-refractivity contribution in [1.82, 2.24) is 5.32 Å². The SMILES string of the molecule is C[C@H]1CCC[C@@](C)(CCCCCN2C(=O)C(c3cccc(C(N)=NO)c3)Sc3ccccc32)N1. The Kier molecular flexibility index (Phi) is 7.84. The molecule has 0 spiro atoms. The first-order valence-electron chi connectivity index (χ1n) is 12.3. The van der Waals surface area contributed by atoms with Crippen LogP contribution in [0.4, 0.5) is 5.69 Å². The molecule has 34 heavy (non-hydrogen) atoms. The molecule has 2 aliphatic heterocycles. The highest BCUT2D eigenvalue weighted by molar-refractivity contribution is 8.00. The fourth-order valence-electron chi connectivity index (χ4n) is 5.27. The Morgan fingerprint density at radius 2 is 2.06 bits per heavy atom. The van der Waals surface area contributed by atoms with Crippen LogP contribution >= 0.6 is 11.8 Å². The lowest BCUT2D eigenvalue weighted by Crippen LogP contribution is -2.50. The second kappa shape index (κ2) is 10.8. The Morgan fingerprint density at radius 1 is 1.24 bits per heavy atom. The second-order valence-electron chi connectivity index (χ2n) is 9.88. The average Bonchev–Trinajstić information content (AvgIpc) is 2.84. The number of piperidine rings is 1. The van der Waals surface area contributed by atoms with Crippen molar-refractivity contribution in [3.8, 4) is 0 Å². The van der Waals surface area contributed by atoms with Gasteiger partial charge in [-0.25, -0.2) is 0 Å². The number of carbonyl (C=O) groups excluding carboxylic acids is 1. The lowest BCUT2D eigenvalue weighted by atomic mass is 9.84. The molecule has 0 bridgehead atoms. The highest BCUT2D eigenvalue weighted by Gasteiger charge is 2.34. The number of nitrogens with two attached hydrogens (primary N) is 1. The van der Waals surface area contributed by atoms with E-state index in [1.165, 1.54) is 32.1 Å². The minimum Gasteiger partial charge on any atom is -0.409 e. The van der Waals surface area contributed by atoms with E-state index >= 15 is 0 Å². The molecule has 1 unspecified atom stereocenters. The van der Waals surface area contributed by atoms with Gasteiger partial charge in [0.1, 0.15) is 5.25 Å². The topological polar surface area (TPSA) is 91.0 Å². The van der Waals surface area contributed by atoms with Gasteiger partial charge in [0.15, 0.2) is 5.84 Å². The molecule has 0 aromatic heterocycles. The fraction of sp³-hybridized carbons (Fsp3) is 0.481. The summed E-state index contributed by atoms with van der Waals surface area (Å²) in [5.41, 5.74) is 8.51. The number of amidine groups is 1. The molecule has 0 saturated carbocycles. The second-order valence-corrected chi connectivity index (χ2v) is 11.0. The molecule has 2 aromatic rings. The number of hydrogen-bond acceptors (Lipinski definition) is 5. The lowest BCUT2D eigenvalue weighted by molar-refractivity contribution is -0.118. The van der Waals surface area contributed by atoms with Gasteiger partial charge in [0.05, 0.1) is 5.69 Å². The number of rotatable bonds is 8. The molecule has 0 aliphatic carbocycles. The van der Waals surface area contributed by atoms with Crippen molar-refractivity contribution in [2.45, 2.75) is 80.5 Å². The summed E-state index contributed by atoms with van der Waals surface area (Å²) >= 11 is 1.57. The fourth-order valence-corrected chi connectivity index (χ4v) is 6.49. The summed E-state index contributed by atoms with van der Waals surface area (Å²) in [6.45, 7) is 5.36. The molecule has 2 heterocycles. The van der Waals surface area contributed by atoms with E-state index in [1.54, 1.807) is 17.8 Å². The molecular weight excluding hydrogens is 444 g/mol. The zero-order valence-electron chi connectivity index (χ0n) is 20.2. The van der Waals surface area contributed by atoms with Crippen LogP contribution in [0.5, 0.6) is 0 Å². The first kappa shape index (κ1) is 24.6. The van der Waals surface area contributed by atoms with Gasteiger partial charge in [0.25, 0.3) is 0 Å². The Labute approximate surface area is 207 Å². The Bertz CT molecular complexity index is 1040. The zero-order chi connectivity index (χ0) is 24.1. The lowest BCUT2D eigenvalue weighted by Gasteiger charge is -2.39. The first-order valence-corrected chi connectivity index (χ1v) is 13.2. The third-order valence-electron chi connectivity index (χ3n) is 7.05. The first-order chi connectivity index (χ1) is 16.4. The van der Waals surface area contributed by atoms with Gasteiger partial charge in [-0.3, -0.25) is 4.79 Å². The maximum atomic E-state index is 13.6. The van der Waals surface area contributed by atoms with Crippen LogP contribution in [-0.4, -0.2) is 35.1 Å². The van der Waals surface area contributed by atoms with Crippen LogP contribution in [0.1, 0.15) is 75.2 Å². The number of para-hydroxylation sites is 1. The number of oxime groups is 1. The van der Waals surface area contributed by atoms with Gasteiger partial charge in [0.2, 0.25) is 5.91 Å². The van der Waals surface area contributed by atoms with Gasteiger partial charge >= 0.3 is 0 Å². The summed E-state index contributed by atoms with van der Waals surface area (Å²) in [5, 5.41) is 15.6. The van der Waals surface area contributed by atoms with Gasteiger partial charge in [-0.05, 0) is 63.3 Å². The molecule has 1 amide bonds. The summed E-state index contributed by atoms with van der Waals surface area (Å²) < 4.78 is 0. The third-order valence-corrected chi connectivity index (χ3v) is 8.36. The molecule has 2 aliphatic rings. The molecule has 1 saturated heterocycles. The Morgan fingerprint density at radius 3 is 2.85 bits per heavy atom. The van der Waals surface area contributed by atoms with Gasteiger partial charge in [-0.1, -0.05) is 54.8 Å². The molecule has 0 radical (unpaired) electrons. The van der Waals surface area contributed by atoms with Crippen LogP contribution < -0.4 is 16.0 Å². The van der Waals surface area contributed by atoms with Crippen LogP contribution in [0.25, 0.3) is 0 Å². The predicted octanol–water partition coefficient (Wildman–Crippen LogP) is 5.44. The largest absolute Gasteiger partial charge is 0.409 e. The zero-order valence-corrected chi connectivity index (χ0v) is 21.0. The van der Waals surface area contributed by atoms with Crippen molar-refractivity contribution in [3.05, 3.63) is 59.7 Å². The monoisotopic (exact) mass is 480 g/mol. The van der Waals surface area contributed by atoms with Gasteiger partial charge < -0.3 is 21.2 Å². The van der Waals surface area contributed by atoms with Crippen molar-refractivity contribution in [3.63, 3.8) is 0 Å². The number of hydrogen-bond donors (Lipinski definition) is 3. The average molecular weight is 481 g/mol. The van der Waals surface area contributed by atoms with Gasteiger partial charge in [-0.15, -0.1) is 11.8 Å². The van der Waals surface area contributed by atoms with E-state index in [0.717, 1.165) is 29.0 Å². The van der Waals surface area contributed by atoms with Crippen LogP contribution in [-0.2, 0) is 4.79 Å². The van der Waals surface area contributed by atoms with E-state index in [-0.39, 0.29) is 22.5 Å². The van der Waals surface area contributed by atoms with E-state index in [2.05, 4.69) is 30.4 Å². The Balaban J connectivity index is 1.43. The van der Waals surface area contributed by atoms with Crippen molar-refractivity contribution in [1.29, 1.82) is 0 Å². The number of carbonyl (C=O) groups is 1. The summed E-state index contributed by atoms with van der Waals surface area (Å²) in [6.07, 6.45) is 8.26. The molecule has 2 aromatic carbocycles. The van der Waals surface area contributed by atoms with E-state index in [0.29, 0.717) is 18.2 Å². The van der Waals surface area contributed by atoms with Crippen molar-refractivity contribution >= 4 is 29.2 Å². The molecule has 182 valence electrons. The van der Waals surface area contributed by atoms with Crippen LogP contribution in [0.3, 0.4) is 0 Å². The van der Waals surface area contributed by atoms with Crippen LogP contribution in [0.2, 0.25) is 0 Å². The van der Waals surface area contributed by atoms with Crippen LogP contribution in [0.15, 0.2) is 58.6 Å². The van der Waals surface area contributed by atoms with Crippen molar-refractivity contribution in [2.75, 3.05) is 11.4 Å². The maximum Gasteiger partial charge on any atom is 0.245 e. The molecule has 3 atom stereocenters. The van der Waals surface area contributed by atoms with Gasteiger partial charge in [-0.2, -0.15) is 0 Å². The highest BCUT2D eigenvalue weighted by Crippen LogP contribution is 2.46. The molecule has 6 nitrogen and oxygen atoms in total. The molecule has 7 heteroatoms. The smallest absolute Gasteiger partial charge is 0.245 e. The Hall–Kier alpha value is -2.51. The minimum atomic E-state index is -0.354. The number of benzene rings is 2. The number of thioether (sulfide) groups is 1. The molecule has 1 fully saturated rings. The highest BCUT2D eigenvalue weighted by atomic mass is 32.2. The van der Waals surface area contributed by atoms with Gasteiger partial charge in [0, 0.05) is 28.6 Å². The summed E-state index contributed by atoms with van der Waals surface area (Å²) in [7, 11) is 0. The minimum absolute atomic E-state index is 0.0444. The van der Waals surface area contributed by atoms with E-state index in [4.69, 9.17) is 10.9 Å². The standard InChI is InChI=1S/C27H36N4O2S/c1-19-10-9-16-27(2,29-19)15-6-3-7-17-31-22-13-4-5-14-23(22)34-24(26(31)32)20-11-8-12-21(18-20)25(28)30-33/h4-5,8,11-14,18-19,24,29,33H,3,6-7,9-10,15-17H2,1-2H3,(H2,28,30)/t19-,24?,27+/m0/s1.